The summed E-state index contributed by atoms with van der Waals surface area (Å²) in [5.41, 5.74) is 4.73. The van der Waals surface area contributed by atoms with Crippen LogP contribution in [0.4, 0.5) is 10.7 Å². The van der Waals surface area contributed by atoms with Gasteiger partial charge in [-0.25, -0.2) is 4.79 Å². The lowest BCUT2D eigenvalue weighted by molar-refractivity contribution is -0.143. The van der Waals surface area contributed by atoms with Crippen LogP contribution in [0.25, 0.3) is 0 Å². The number of carboxylic acid groups (broad SMARTS) is 2. The van der Waals surface area contributed by atoms with Gasteiger partial charge in [-0.2, -0.15) is 0 Å². The van der Waals surface area contributed by atoms with Gasteiger partial charge in [0.25, 0.3) is 11.8 Å². The number of nitrogens with zero attached hydrogens (tertiary/aromatic N) is 1. The number of aliphatic carboxylic acids is 1. The number of carbonyl (C=O) groups excluding carboxylic acids is 2. The molecule has 2 amide bonds. The van der Waals surface area contributed by atoms with Crippen LogP contribution in [0.15, 0.2) is 72.8 Å². The number of ether oxygens (including phenoxy) is 1. The first-order valence-corrected chi connectivity index (χ1v) is 18.8. The molecule has 0 radical (unpaired) electrons. The zero-order valence-corrected chi connectivity index (χ0v) is 30.3. The molecule has 0 aliphatic heterocycles. The Morgan fingerprint density at radius 3 is 2.21 bits per heavy atom. The standard InChI is InChI=1S/C41H45N3O7S/c1-25(2)44(32-18-12-28(13-19-32)40(47)48)23-27-6-5-7-30(22-27)37(45)43-39-36(34-8-3-4-9-35(34)52-39)38(46)42-31-16-10-26(11-17-31)24-51-33-20-14-29(15-21-33)41(49)50/h5-7,10-11,14-17,20-22,25,28,32H,3-4,8-9,12-13,18-19,23-24H2,1-2H3,(H,42,46)(H,43,45)(H,47,48)(H,49,50)/t28-,32-. The van der Waals surface area contributed by atoms with E-state index in [2.05, 4.69) is 29.4 Å². The largest absolute Gasteiger partial charge is 0.489 e. The van der Waals surface area contributed by atoms with Crippen molar-refractivity contribution in [2.45, 2.75) is 90.4 Å². The van der Waals surface area contributed by atoms with Crippen LogP contribution in [0, 0.1) is 5.92 Å². The fourth-order valence-corrected chi connectivity index (χ4v) is 8.50. The van der Waals surface area contributed by atoms with Gasteiger partial charge in [0.15, 0.2) is 0 Å². The molecule has 1 heterocycles. The van der Waals surface area contributed by atoms with E-state index < -0.39 is 11.9 Å². The molecule has 0 bridgehead atoms. The Labute approximate surface area is 307 Å². The molecule has 4 aromatic rings. The Morgan fingerprint density at radius 2 is 1.54 bits per heavy atom. The molecule has 0 unspecified atom stereocenters. The average Bonchev–Trinajstić information content (AvgIpc) is 3.51. The van der Waals surface area contributed by atoms with Crippen molar-refractivity contribution in [2.24, 2.45) is 5.92 Å². The van der Waals surface area contributed by atoms with E-state index in [0.717, 1.165) is 60.1 Å². The molecule has 1 aromatic heterocycles. The van der Waals surface area contributed by atoms with Crippen LogP contribution in [0.2, 0.25) is 0 Å². The van der Waals surface area contributed by atoms with Crippen molar-refractivity contribution >= 4 is 45.8 Å². The van der Waals surface area contributed by atoms with Gasteiger partial charge in [-0.1, -0.05) is 24.3 Å². The summed E-state index contributed by atoms with van der Waals surface area (Å²) in [5.74, 6) is -1.95. The molecule has 6 rings (SSSR count). The summed E-state index contributed by atoms with van der Waals surface area (Å²) in [6.45, 7) is 5.24. The lowest BCUT2D eigenvalue weighted by atomic mass is 9.85. The molecule has 2 aliphatic carbocycles. The van der Waals surface area contributed by atoms with Crippen LogP contribution < -0.4 is 15.4 Å². The van der Waals surface area contributed by atoms with Gasteiger partial charge in [0.1, 0.15) is 17.4 Å². The maximum Gasteiger partial charge on any atom is 0.335 e. The number of fused-ring (bicyclic) bond motifs is 1. The number of carbonyl (C=O) groups is 4. The number of benzene rings is 3. The van der Waals surface area contributed by atoms with Crippen molar-refractivity contribution in [3.8, 4) is 5.75 Å². The Hall–Kier alpha value is -5.00. The summed E-state index contributed by atoms with van der Waals surface area (Å²) in [4.78, 5) is 53.7. The molecule has 0 atom stereocenters. The molecule has 11 heteroatoms. The van der Waals surface area contributed by atoms with Crippen molar-refractivity contribution in [3.63, 3.8) is 0 Å². The molecule has 2 aliphatic rings. The molecule has 0 spiro atoms. The number of aryl methyl sites for hydroxylation is 1. The number of aromatic carboxylic acids is 1. The summed E-state index contributed by atoms with van der Waals surface area (Å²) in [5, 5.41) is 25.2. The monoisotopic (exact) mass is 723 g/mol. The van der Waals surface area contributed by atoms with Gasteiger partial charge in [0.2, 0.25) is 0 Å². The van der Waals surface area contributed by atoms with E-state index in [9.17, 15) is 24.3 Å². The lowest BCUT2D eigenvalue weighted by Gasteiger charge is -2.38. The summed E-state index contributed by atoms with van der Waals surface area (Å²) in [6, 6.07) is 21.7. The smallest absolute Gasteiger partial charge is 0.335 e. The Bertz CT molecular complexity index is 1910. The average molecular weight is 724 g/mol. The van der Waals surface area contributed by atoms with Gasteiger partial charge in [0.05, 0.1) is 17.0 Å². The second-order valence-corrected chi connectivity index (χ2v) is 15.1. The third-order valence-corrected chi connectivity index (χ3v) is 11.3. The first-order valence-electron chi connectivity index (χ1n) is 18.0. The highest BCUT2D eigenvalue weighted by Crippen LogP contribution is 2.39. The van der Waals surface area contributed by atoms with Crippen molar-refractivity contribution in [3.05, 3.63) is 111 Å². The fourth-order valence-electron chi connectivity index (χ4n) is 7.22. The van der Waals surface area contributed by atoms with E-state index in [-0.39, 0.29) is 35.9 Å². The second-order valence-electron chi connectivity index (χ2n) is 13.9. The normalized spacial score (nSPS) is 17.0. The second kappa shape index (κ2) is 16.6. The Balaban J connectivity index is 1.12. The zero-order valence-electron chi connectivity index (χ0n) is 29.5. The number of anilines is 2. The van der Waals surface area contributed by atoms with Crippen LogP contribution in [0.5, 0.6) is 5.75 Å². The van der Waals surface area contributed by atoms with Crippen LogP contribution >= 0.6 is 11.3 Å². The van der Waals surface area contributed by atoms with Crippen LogP contribution in [0.1, 0.15) is 105 Å². The number of hydrogen-bond donors (Lipinski definition) is 4. The molecular weight excluding hydrogens is 679 g/mol. The summed E-state index contributed by atoms with van der Waals surface area (Å²) < 4.78 is 5.79. The van der Waals surface area contributed by atoms with Crippen LogP contribution in [-0.2, 0) is 30.8 Å². The Morgan fingerprint density at radius 1 is 0.827 bits per heavy atom. The molecule has 3 aromatic carbocycles. The van der Waals surface area contributed by atoms with Gasteiger partial charge in [0, 0.05) is 34.8 Å². The maximum atomic E-state index is 13.8. The van der Waals surface area contributed by atoms with Crippen LogP contribution in [0.3, 0.4) is 0 Å². The number of rotatable bonds is 13. The maximum absolute atomic E-state index is 13.8. The highest BCUT2D eigenvalue weighted by molar-refractivity contribution is 7.17. The molecule has 0 saturated heterocycles. The van der Waals surface area contributed by atoms with E-state index in [4.69, 9.17) is 9.84 Å². The van der Waals surface area contributed by atoms with Crippen molar-refractivity contribution < 1.29 is 34.1 Å². The molecule has 52 heavy (non-hydrogen) atoms. The number of nitrogens with one attached hydrogen (secondary N) is 2. The predicted octanol–water partition coefficient (Wildman–Crippen LogP) is 8.26. The highest BCUT2D eigenvalue weighted by atomic mass is 32.1. The molecule has 1 saturated carbocycles. The first kappa shape index (κ1) is 36.8. The summed E-state index contributed by atoms with van der Waals surface area (Å²) >= 11 is 1.48. The van der Waals surface area contributed by atoms with E-state index in [1.54, 1.807) is 18.2 Å². The summed E-state index contributed by atoms with van der Waals surface area (Å²) in [6.07, 6.45) is 6.73. The van der Waals surface area contributed by atoms with Gasteiger partial charge in [-0.05, 0) is 130 Å². The van der Waals surface area contributed by atoms with Crippen molar-refractivity contribution in [1.29, 1.82) is 0 Å². The Kier molecular flexibility index (Phi) is 11.7. The van der Waals surface area contributed by atoms with Gasteiger partial charge >= 0.3 is 11.9 Å². The van der Waals surface area contributed by atoms with Crippen molar-refractivity contribution in [2.75, 3.05) is 10.6 Å². The third kappa shape index (κ3) is 8.89. The van der Waals surface area contributed by atoms with Crippen LogP contribution in [-0.4, -0.2) is 50.9 Å². The molecule has 1 fully saturated rings. The number of hydrogen-bond acceptors (Lipinski definition) is 7. The van der Waals surface area contributed by atoms with Gasteiger partial charge < -0.3 is 25.6 Å². The topological polar surface area (TPSA) is 145 Å². The minimum atomic E-state index is -0.994. The van der Waals surface area contributed by atoms with Gasteiger partial charge in [-0.15, -0.1) is 11.3 Å². The molecule has 272 valence electrons. The van der Waals surface area contributed by atoms with E-state index in [1.807, 2.05) is 42.5 Å². The van der Waals surface area contributed by atoms with Gasteiger partial charge in [-0.3, -0.25) is 19.3 Å². The minimum absolute atomic E-state index is 0.190. The van der Waals surface area contributed by atoms with Crippen molar-refractivity contribution in [1.82, 2.24) is 4.90 Å². The molecular formula is C41H45N3O7S. The predicted molar refractivity (Wildman–Crippen MR) is 202 cm³/mol. The minimum Gasteiger partial charge on any atom is -0.489 e. The fraction of sp³-hybridized carbons (Fsp3) is 0.366. The quantitative estimate of drug-likeness (QED) is 0.108. The number of thiophene rings is 1. The SMILES string of the molecule is CC(C)N(Cc1cccc(C(=O)Nc2sc3c(c2C(=O)Nc2ccc(COc4ccc(C(=O)O)cc4)cc2)CCCC3)c1)[C@H]1CC[C@H](C(=O)O)CC1. The van der Waals surface area contributed by atoms with E-state index in [1.165, 1.54) is 23.5 Å². The molecule has 10 nitrogen and oxygen atoms in total. The zero-order chi connectivity index (χ0) is 36.8. The molecule has 4 N–H and O–H groups in total. The van der Waals surface area contributed by atoms with E-state index >= 15 is 0 Å². The highest BCUT2D eigenvalue weighted by Gasteiger charge is 2.31. The summed E-state index contributed by atoms with van der Waals surface area (Å²) in [7, 11) is 0. The third-order valence-electron chi connectivity index (χ3n) is 10.1. The van der Waals surface area contributed by atoms with E-state index in [0.29, 0.717) is 53.0 Å². The number of amides is 2. The number of carboxylic acids is 2. The lowest BCUT2D eigenvalue weighted by Crippen LogP contribution is -2.42. The first-order chi connectivity index (χ1) is 25.0.